The van der Waals surface area contributed by atoms with Crippen LogP contribution in [0.3, 0.4) is 0 Å². The molecule has 0 aliphatic carbocycles. The van der Waals surface area contributed by atoms with Crippen molar-refractivity contribution in [3.63, 3.8) is 0 Å². The molecule has 218 valence electrons. The number of benzene rings is 3. The van der Waals surface area contributed by atoms with E-state index >= 15 is 0 Å². The third-order valence-corrected chi connectivity index (χ3v) is 9.84. The molecule has 7 nitrogen and oxygen atoms in total. The van der Waals surface area contributed by atoms with Crippen molar-refractivity contribution >= 4 is 68.1 Å². The highest BCUT2D eigenvalue weighted by Gasteiger charge is 2.33. The lowest BCUT2D eigenvalue weighted by Crippen LogP contribution is -2.39. The lowest BCUT2D eigenvalue weighted by Gasteiger charge is -2.23. The van der Waals surface area contributed by atoms with Crippen LogP contribution >= 0.6 is 45.3 Å². The van der Waals surface area contributed by atoms with E-state index in [9.17, 15) is 9.59 Å². The quantitative estimate of drug-likeness (QED) is 0.141. The molecular weight excluding hydrogens is 695 g/mol. The Morgan fingerprint density at radius 2 is 1.93 bits per heavy atom. The first kappa shape index (κ1) is 29.3. The molecule has 1 aliphatic heterocycles. The zero-order valence-electron chi connectivity index (χ0n) is 23.6. The minimum absolute atomic E-state index is 0.221. The van der Waals surface area contributed by atoms with Crippen LogP contribution in [0.1, 0.15) is 35.9 Å². The van der Waals surface area contributed by atoms with E-state index in [1.165, 1.54) is 22.7 Å². The van der Waals surface area contributed by atoms with Gasteiger partial charge in [0.2, 0.25) is 0 Å². The Morgan fingerprint density at radius 3 is 2.70 bits per heavy atom. The molecule has 3 aromatic carbocycles. The van der Waals surface area contributed by atoms with Gasteiger partial charge in [-0.2, -0.15) is 0 Å². The molecule has 0 radical (unpaired) electrons. The first-order valence-corrected chi connectivity index (χ1v) is 16.4. The van der Waals surface area contributed by atoms with Crippen LogP contribution in [-0.4, -0.2) is 24.3 Å². The van der Waals surface area contributed by atoms with Gasteiger partial charge in [0.25, 0.3) is 5.56 Å². The van der Waals surface area contributed by atoms with Gasteiger partial charge in [0.15, 0.2) is 16.3 Å². The molecule has 0 saturated carbocycles. The number of hydrogen-bond acceptors (Lipinski definition) is 8. The van der Waals surface area contributed by atoms with Gasteiger partial charge in [0.05, 0.1) is 33.1 Å². The van der Waals surface area contributed by atoms with E-state index in [0.717, 1.165) is 30.3 Å². The minimum atomic E-state index is -0.600. The van der Waals surface area contributed by atoms with Gasteiger partial charge in [-0.1, -0.05) is 59.9 Å². The highest BCUT2D eigenvalue weighted by atomic mass is 127. The lowest BCUT2D eigenvalue weighted by atomic mass is 10.0. The maximum absolute atomic E-state index is 13.9. The van der Waals surface area contributed by atoms with Gasteiger partial charge in [-0.15, -0.1) is 11.3 Å². The summed E-state index contributed by atoms with van der Waals surface area (Å²) in [6.07, 6.45) is 1.83. The molecule has 0 saturated heterocycles. The highest BCUT2D eigenvalue weighted by Crippen LogP contribution is 2.36. The molecule has 5 aromatic rings. The summed E-state index contributed by atoms with van der Waals surface area (Å²) in [5.41, 5.74) is 2.58. The Morgan fingerprint density at radius 1 is 1.12 bits per heavy atom. The topological polar surface area (TPSA) is 79.1 Å². The van der Waals surface area contributed by atoms with E-state index in [-0.39, 0.29) is 12.2 Å². The van der Waals surface area contributed by atoms with Crippen molar-refractivity contribution in [2.24, 2.45) is 4.99 Å². The van der Waals surface area contributed by atoms with Gasteiger partial charge in [-0.3, -0.25) is 9.36 Å². The van der Waals surface area contributed by atoms with E-state index < -0.39 is 12.0 Å². The monoisotopic (exact) mass is 722 g/mol. The normalized spacial score (nSPS) is 14.9. The van der Waals surface area contributed by atoms with Crippen molar-refractivity contribution in [2.45, 2.75) is 26.5 Å². The number of ether oxygens (including phenoxy) is 3. The largest absolute Gasteiger partial charge is 0.493 e. The minimum Gasteiger partial charge on any atom is -0.493 e. The van der Waals surface area contributed by atoms with Crippen molar-refractivity contribution in [3.05, 3.63) is 123 Å². The molecule has 0 spiro atoms. The van der Waals surface area contributed by atoms with Crippen LogP contribution in [0.5, 0.6) is 11.5 Å². The third kappa shape index (κ3) is 5.66. The summed E-state index contributed by atoms with van der Waals surface area (Å²) in [6, 6.07) is 21.5. The molecule has 1 atom stereocenters. The number of aromatic nitrogens is 1. The number of nitrogens with zero attached hydrogens (tertiary/aromatic N) is 2. The summed E-state index contributed by atoms with van der Waals surface area (Å²) >= 11 is 5.01. The molecule has 0 unspecified atom stereocenters. The second-order valence-electron chi connectivity index (χ2n) is 9.78. The van der Waals surface area contributed by atoms with Crippen LogP contribution in [0.25, 0.3) is 16.8 Å². The summed E-state index contributed by atoms with van der Waals surface area (Å²) in [4.78, 5) is 32.9. The number of allylic oxidation sites excluding steroid dienone is 1. The Labute approximate surface area is 269 Å². The molecule has 3 heterocycles. The highest BCUT2D eigenvalue weighted by molar-refractivity contribution is 14.1. The Hall–Kier alpha value is -3.74. The van der Waals surface area contributed by atoms with Gasteiger partial charge < -0.3 is 14.2 Å². The van der Waals surface area contributed by atoms with Gasteiger partial charge in [-0.25, -0.2) is 9.79 Å². The smallest absolute Gasteiger partial charge is 0.338 e. The second kappa shape index (κ2) is 12.5. The summed E-state index contributed by atoms with van der Waals surface area (Å²) in [5.74, 6) is 0.750. The van der Waals surface area contributed by atoms with Gasteiger partial charge >= 0.3 is 5.97 Å². The SMILES string of the molecule is CCOC(=O)C1=C(C)N=c2s/c(=C/c3cc(I)c(OCc4cccc5ccccc45)c(OC)c3)c(=O)n2[C@H]1c1cccs1. The molecule has 1 aliphatic rings. The Balaban J connectivity index is 1.38. The number of rotatable bonds is 8. The molecule has 0 fully saturated rings. The fourth-order valence-electron chi connectivity index (χ4n) is 5.19. The van der Waals surface area contributed by atoms with Crippen molar-refractivity contribution in [1.29, 1.82) is 0 Å². The number of esters is 1. The van der Waals surface area contributed by atoms with E-state index in [4.69, 9.17) is 14.2 Å². The number of fused-ring (bicyclic) bond motifs is 2. The van der Waals surface area contributed by atoms with E-state index in [0.29, 0.717) is 38.7 Å². The van der Waals surface area contributed by atoms with Gasteiger partial charge in [0, 0.05) is 4.88 Å². The standard InChI is InChI=1S/C33H27IN2O5S2/c1-4-40-32(38)28-19(2)35-33-36(29(28)26-13-8-14-42-26)31(37)27(43-33)17-20-15-24(34)30(25(16-20)39-3)41-18-22-11-7-10-21-9-5-6-12-23(21)22/h5-17,29H,4,18H2,1-3H3/b27-17+/t29-/m0/s1. The van der Waals surface area contributed by atoms with Crippen LogP contribution in [0.2, 0.25) is 0 Å². The molecule has 0 N–H and O–H groups in total. The zero-order chi connectivity index (χ0) is 30.1. The maximum Gasteiger partial charge on any atom is 0.338 e. The molecule has 6 rings (SSSR count). The predicted octanol–water partition coefficient (Wildman–Crippen LogP) is 6.21. The number of methoxy groups -OCH3 is 1. The Kier molecular flexibility index (Phi) is 8.51. The average molecular weight is 723 g/mol. The molecule has 43 heavy (non-hydrogen) atoms. The van der Waals surface area contributed by atoms with E-state index in [1.807, 2.05) is 53.9 Å². The zero-order valence-corrected chi connectivity index (χ0v) is 27.4. The van der Waals surface area contributed by atoms with Crippen LogP contribution in [0.4, 0.5) is 0 Å². The number of carbonyl (C=O) groups is 1. The maximum atomic E-state index is 13.9. The predicted molar refractivity (Wildman–Crippen MR) is 179 cm³/mol. The third-order valence-electron chi connectivity index (χ3n) is 7.13. The van der Waals surface area contributed by atoms with Gasteiger partial charge in [-0.05, 0) is 88.0 Å². The number of halogens is 1. The molecule has 10 heteroatoms. The van der Waals surface area contributed by atoms with Crippen molar-refractivity contribution in [3.8, 4) is 11.5 Å². The van der Waals surface area contributed by atoms with Crippen molar-refractivity contribution in [1.82, 2.24) is 4.57 Å². The lowest BCUT2D eigenvalue weighted by molar-refractivity contribution is -0.139. The second-order valence-corrected chi connectivity index (χ2v) is 12.9. The summed E-state index contributed by atoms with van der Waals surface area (Å²) < 4.78 is 20.3. The average Bonchev–Trinajstić information content (AvgIpc) is 3.64. The van der Waals surface area contributed by atoms with Gasteiger partial charge in [0.1, 0.15) is 12.6 Å². The number of carbonyl (C=O) groups excluding carboxylic acids is 1. The summed E-state index contributed by atoms with van der Waals surface area (Å²) in [6.45, 7) is 4.17. The fourth-order valence-corrected chi connectivity index (χ4v) is 7.84. The van der Waals surface area contributed by atoms with E-state index in [2.05, 4.69) is 51.8 Å². The molecule has 0 bridgehead atoms. The van der Waals surface area contributed by atoms with Crippen LogP contribution in [-0.2, 0) is 16.1 Å². The molecular formula is C33H27IN2O5S2. The first-order valence-electron chi connectivity index (χ1n) is 13.6. The Bertz CT molecular complexity index is 2060. The van der Waals surface area contributed by atoms with E-state index in [1.54, 1.807) is 25.5 Å². The molecule has 0 amide bonds. The number of hydrogen-bond donors (Lipinski definition) is 0. The van der Waals surface area contributed by atoms with Crippen LogP contribution in [0, 0.1) is 3.57 Å². The fraction of sp³-hybridized carbons (Fsp3) is 0.182. The van der Waals surface area contributed by atoms with Crippen LogP contribution in [0.15, 0.2) is 93.2 Å². The number of thiazole rings is 1. The van der Waals surface area contributed by atoms with Crippen molar-refractivity contribution in [2.75, 3.05) is 13.7 Å². The first-order chi connectivity index (χ1) is 20.9. The number of thiophene rings is 1. The molecule has 2 aromatic heterocycles. The van der Waals surface area contributed by atoms with Crippen LogP contribution < -0.4 is 24.4 Å². The summed E-state index contributed by atoms with van der Waals surface area (Å²) in [7, 11) is 1.61. The summed E-state index contributed by atoms with van der Waals surface area (Å²) in [5, 5.41) is 4.24. The van der Waals surface area contributed by atoms with Crippen molar-refractivity contribution < 1.29 is 19.0 Å².